The van der Waals surface area contributed by atoms with Crippen LogP contribution in [0.4, 0.5) is 0 Å². The number of rotatable bonds is 5. The number of carboxylic acids is 1. The van der Waals surface area contributed by atoms with Gasteiger partial charge in [-0.15, -0.1) is 0 Å². The molecule has 0 aromatic heterocycles. The van der Waals surface area contributed by atoms with Crippen LogP contribution in [0.5, 0.6) is 0 Å². The first-order chi connectivity index (χ1) is 9.62. The smallest absolute Gasteiger partial charge is 0.364 e. The molecule has 0 spiro atoms. The lowest BCUT2D eigenvalue weighted by molar-refractivity contribution is -0.295. The van der Waals surface area contributed by atoms with Crippen LogP contribution in [0, 0.1) is 0 Å². The van der Waals surface area contributed by atoms with Crippen molar-refractivity contribution in [2.24, 2.45) is 0 Å². The van der Waals surface area contributed by atoms with Crippen molar-refractivity contribution in [3.05, 3.63) is 0 Å². The van der Waals surface area contributed by atoms with Crippen LogP contribution < -0.4 is 5.32 Å². The van der Waals surface area contributed by atoms with E-state index in [0.717, 1.165) is 6.92 Å². The molecule has 10 heteroatoms. The van der Waals surface area contributed by atoms with Crippen LogP contribution in [0.25, 0.3) is 0 Å². The molecule has 21 heavy (non-hydrogen) atoms. The summed E-state index contributed by atoms with van der Waals surface area (Å²) >= 11 is 0. The van der Waals surface area contributed by atoms with Gasteiger partial charge in [0.2, 0.25) is 5.91 Å². The fourth-order valence-corrected chi connectivity index (χ4v) is 2.14. The summed E-state index contributed by atoms with van der Waals surface area (Å²) < 4.78 is 4.86. The number of hydrogen-bond donors (Lipinski definition) is 7. The largest absolute Gasteiger partial charge is 0.477 e. The Kier molecular flexibility index (Phi) is 5.61. The number of carboxylic acid groups (broad SMARTS) is 1. The monoisotopic (exact) mass is 309 g/mol. The molecule has 0 aromatic rings. The fraction of sp³-hybridized carbons (Fsp3) is 0.818. The first kappa shape index (κ1) is 17.8. The summed E-state index contributed by atoms with van der Waals surface area (Å²) in [7, 11) is 0. The number of ether oxygens (including phenoxy) is 1. The molecule has 6 atom stereocenters. The fourth-order valence-electron chi connectivity index (χ4n) is 2.14. The number of amides is 1. The van der Waals surface area contributed by atoms with Crippen LogP contribution in [-0.4, -0.2) is 85.4 Å². The SMILES string of the molecule is CC(=O)N[C@@H]1[C@H]([C@H](O)[C@H](O)CO)O[C@](O)(C(=O)O)C[C@@H]1O. The Morgan fingerprint density at radius 2 is 2.00 bits per heavy atom. The molecule has 1 aliphatic rings. The number of aliphatic hydroxyl groups is 5. The van der Waals surface area contributed by atoms with Gasteiger partial charge in [0.1, 0.15) is 18.3 Å². The van der Waals surface area contributed by atoms with E-state index >= 15 is 0 Å². The summed E-state index contributed by atoms with van der Waals surface area (Å²) in [6, 6.07) is -1.27. The Morgan fingerprint density at radius 1 is 1.43 bits per heavy atom. The lowest BCUT2D eigenvalue weighted by atomic mass is 9.88. The van der Waals surface area contributed by atoms with Gasteiger partial charge in [0, 0.05) is 13.3 Å². The topological polar surface area (TPSA) is 177 Å². The zero-order valence-electron chi connectivity index (χ0n) is 11.2. The van der Waals surface area contributed by atoms with Crippen molar-refractivity contribution in [3.8, 4) is 0 Å². The molecule has 1 fully saturated rings. The number of aliphatic carboxylic acids is 1. The van der Waals surface area contributed by atoms with Gasteiger partial charge in [-0.25, -0.2) is 4.79 Å². The number of carbonyl (C=O) groups is 2. The molecule has 0 bridgehead atoms. The molecule has 0 radical (unpaired) electrons. The number of hydrogen-bond acceptors (Lipinski definition) is 8. The van der Waals surface area contributed by atoms with Gasteiger partial charge in [-0.05, 0) is 0 Å². The highest BCUT2D eigenvalue weighted by Gasteiger charge is 2.53. The van der Waals surface area contributed by atoms with Gasteiger partial charge in [-0.3, -0.25) is 4.79 Å². The van der Waals surface area contributed by atoms with Crippen molar-refractivity contribution >= 4 is 11.9 Å². The van der Waals surface area contributed by atoms with E-state index in [4.69, 9.17) is 14.9 Å². The van der Waals surface area contributed by atoms with Gasteiger partial charge in [0.05, 0.1) is 18.8 Å². The van der Waals surface area contributed by atoms with E-state index in [1.807, 2.05) is 0 Å². The van der Waals surface area contributed by atoms with Crippen molar-refractivity contribution in [1.29, 1.82) is 0 Å². The minimum atomic E-state index is -2.78. The predicted molar refractivity (Wildman–Crippen MR) is 64.8 cm³/mol. The molecule has 1 aliphatic heterocycles. The van der Waals surface area contributed by atoms with Gasteiger partial charge in [0.25, 0.3) is 5.79 Å². The normalized spacial score (nSPS) is 35.8. The van der Waals surface area contributed by atoms with Crippen LogP contribution in [-0.2, 0) is 14.3 Å². The first-order valence-corrected chi connectivity index (χ1v) is 6.18. The van der Waals surface area contributed by atoms with E-state index < -0.39 is 61.1 Å². The van der Waals surface area contributed by atoms with Crippen LogP contribution in [0.3, 0.4) is 0 Å². The Balaban J connectivity index is 3.07. The average Bonchev–Trinajstić information content (AvgIpc) is 2.39. The van der Waals surface area contributed by atoms with Crippen molar-refractivity contribution in [2.75, 3.05) is 6.61 Å². The number of aliphatic hydroxyl groups excluding tert-OH is 4. The molecule has 1 amide bonds. The second kappa shape index (κ2) is 6.64. The minimum absolute atomic E-state index is 0.598. The second-order valence-electron chi connectivity index (χ2n) is 4.91. The van der Waals surface area contributed by atoms with Gasteiger partial charge < -0.3 is 40.7 Å². The van der Waals surface area contributed by atoms with Crippen LogP contribution in [0.15, 0.2) is 0 Å². The molecule has 1 heterocycles. The van der Waals surface area contributed by atoms with Crippen LogP contribution in [0.2, 0.25) is 0 Å². The third-order valence-corrected chi connectivity index (χ3v) is 3.21. The molecule has 1 saturated heterocycles. The zero-order chi connectivity index (χ0) is 16.4. The highest BCUT2D eigenvalue weighted by atomic mass is 16.7. The standard InChI is InChI=1S/C11H19NO9/c1-4(14)12-7-5(15)2-11(20,10(18)19)21-9(7)8(17)6(16)3-13/h5-9,13,15-17,20H,2-3H2,1H3,(H,12,14)(H,18,19)/t5-,6+,7-,8+,9+,11-/m0/s1. The molecule has 0 aliphatic carbocycles. The summed E-state index contributed by atoms with van der Waals surface area (Å²) in [6.45, 7) is 0.256. The Hall–Kier alpha value is -1.30. The van der Waals surface area contributed by atoms with E-state index in [9.17, 15) is 30.0 Å². The Morgan fingerprint density at radius 3 is 2.43 bits per heavy atom. The molecule has 0 saturated carbocycles. The maximum Gasteiger partial charge on any atom is 0.364 e. The molecule has 0 unspecified atom stereocenters. The van der Waals surface area contributed by atoms with Gasteiger partial charge >= 0.3 is 5.97 Å². The Bertz CT molecular complexity index is 403. The second-order valence-corrected chi connectivity index (χ2v) is 4.91. The first-order valence-electron chi connectivity index (χ1n) is 6.18. The van der Waals surface area contributed by atoms with E-state index in [-0.39, 0.29) is 0 Å². The van der Waals surface area contributed by atoms with E-state index in [0.29, 0.717) is 0 Å². The van der Waals surface area contributed by atoms with E-state index in [1.165, 1.54) is 0 Å². The lowest BCUT2D eigenvalue weighted by Crippen LogP contribution is -2.67. The van der Waals surface area contributed by atoms with E-state index in [2.05, 4.69) is 5.32 Å². The number of carbonyl (C=O) groups excluding carboxylic acids is 1. The third kappa shape index (κ3) is 3.87. The molecule has 10 nitrogen and oxygen atoms in total. The average molecular weight is 309 g/mol. The lowest BCUT2D eigenvalue weighted by Gasteiger charge is -2.44. The summed E-state index contributed by atoms with van der Waals surface area (Å²) in [5.74, 6) is -5.17. The van der Waals surface area contributed by atoms with Crippen molar-refractivity contribution in [2.45, 2.75) is 49.6 Å². The van der Waals surface area contributed by atoms with Crippen molar-refractivity contribution < 1.29 is 45.0 Å². The van der Waals surface area contributed by atoms with Gasteiger partial charge in [0.15, 0.2) is 0 Å². The predicted octanol–water partition coefficient (Wildman–Crippen LogP) is -3.87. The maximum atomic E-state index is 11.1. The molecular formula is C11H19NO9. The maximum absolute atomic E-state index is 11.1. The van der Waals surface area contributed by atoms with Crippen LogP contribution >= 0.6 is 0 Å². The molecule has 7 N–H and O–H groups in total. The van der Waals surface area contributed by atoms with Crippen molar-refractivity contribution in [3.63, 3.8) is 0 Å². The summed E-state index contributed by atoms with van der Waals surface area (Å²) in [6.07, 6.45) is -7.48. The number of nitrogens with one attached hydrogen (secondary N) is 1. The third-order valence-electron chi connectivity index (χ3n) is 3.21. The molecule has 0 aromatic carbocycles. The molecule has 1 rings (SSSR count). The summed E-state index contributed by atoms with van der Waals surface area (Å²) in [4.78, 5) is 22.1. The van der Waals surface area contributed by atoms with Crippen LogP contribution in [0.1, 0.15) is 13.3 Å². The van der Waals surface area contributed by atoms with Crippen molar-refractivity contribution in [1.82, 2.24) is 5.32 Å². The van der Waals surface area contributed by atoms with E-state index in [1.54, 1.807) is 0 Å². The van der Waals surface area contributed by atoms with Gasteiger partial charge in [-0.1, -0.05) is 0 Å². The molecule has 122 valence electrons. The quantitative estimate of drug-likeness (QED) is 0.268. The summed E-state index contributed by atoms with van der Waals surface area (Å²) in [5.41, 5.74) is 0. The zero-order valence-corrected chi connectivity index (χ0v) is 11.2. The minimum Gasteiger partial charge on any atom is -0.477 e. The Labute approximate surface area is 119 Å². The highest BCUT2D eigenvalue weighted by molar-refractivity contribution is 5.76. The molecular weight excluding hydrogens is 290 g/mol. The highest BCUT2D eigenvalue weighted by Crippen LogP contribution is 2.30. The summed E-state index contributed by atoms with van der Waals surface area (Å²) in [5, 5.41) is 59.0. The van der Waals surface area contributed by atoms with Gasteiger partial charge in [-0.2, -0.15) is 0 Å².